The first-order valence-corrected chi connectivity index (χ1v) is 4.89. The first-order chi connectivity index (χ1) is 7.79. The number of halogens is 5. The Hall–Kier alpha value is -1.30. The molecular formula is C10H7ClF4O2. The van der Waals surface area contributed by atoms with Gasteiger partial charge in [-0.15, -0.1) is 0 Å². The lowest BCUT2D eigenvalue weighted by Crippen LogP contribution is -2.17. The number of hydrogen-bond donors (Lipinski definition) is 0. The minimum atomic E-state index is -5.02. The molecule has 0 bridgehead atoms. The zero-order valence-corrected chi connectivity index (χ0v) is 9.32. The molecule has 0 unspecified atom stereocenters. The van der Waals surface area contributed by atoms with Gasteiger partial charge >= 0.3 is 12.1 Å². The third kappa shape index (κ3) is 2.88. The van der Waals surface area contributed by atoms with Crippen LogP contribution in [0, 0.1) is 5.82 Å². The Bertz CT molecular complexity index is 443. The van der Waals surface area contributed by atoms with E-state index in [2.05, 4.69) is 4.74 Å². The average Bonchev–Trinajstić information content (AvgIpc) is 2.20. The van der Waals surface area contributed by atoms with Crippen LogP contribution < -0.4 is 0 Å². The topological polar surface area (TPSA) is 26.3 Å². The minimum Gasteiger partial charge on any atom is -0.462 e. The van der Waals surface area contributed by atoms with Gasteiger partial charge in [-0.1, -0.05) is 11.6 Å². The lowest BCUT2D eigenvalue weighted by molar-refractivity contribution is -0.140. The summed E-state index contributed by atoms with van der Waals surface area (Å²) in [6.45, 7) is 1.32. The second-order valence-corrected chi connectivity index (χ2v) is 3.41. The van der Waals surface area contributed by atoms with Crippen molar-refractivity contribution in [3.05, 3.63) is 34.1 Å². The summed E-state index contributed by atoms with van der Waals surface area (Å²) in [6.07, 6.45) is -5.02. The van der Waals surface area contributed by atoms with Gasteiger partial charge in [0.05, 0.1) is 17.2 Å². The van der Waals surface area contributed by atoms with Crippen LogP contribution in [-0.2, 0) is 10.9 Å². The van der Waals surface area contributed by atoms with Gasteiger partial charge < -0.3 is 4.74 Å². The number of carbonyl (C=O) groups is 1. The van der Waals surface area contributed by atoms with Gasteiger partial charge in [-0.3, -0.25) is 0 Å². The van der Waals surface area contributed by atoms with Gasteiger partial charge in [0.2, 0.25) is 0 Å². The maximum absolute atomic E-state index is 13.3. The van der Waals surface area contributed by atoms with Crippen LogP contribution >= 0.6 is 11.6 Å². The molecule has 0 spiro atoms. The molecule has 0 aliphatic rings. The summed E-state index contributed by atoms with van der Waals surface area (Å²) in [7, 11) is 0. The van der Waals surface area contributed by atoms with Crippen molar-refractivity contribution < 1.29 is 27.1 Å². The van der Waals surface area contributed by atoms with Crippen molar-refractivity contribution in [2.75, 3.05) is 6.61 Å². The summed E-state index contributed by atoms with van der Waals surface area (Å²) in [5.74, 6) is -2.92. The molecule has 0 aliphatic heterocycles. The highest BCUT2D eigenvalue weighted by Gasteiger charge is 2.40. The molecule has 0 saturated heterocycles. The molecule has 0 heterocycles. The number of hydrogen-bond acceptors (Lipinski definition) is 2. The molecular weight excluding hydrogens is 264 g/mol. The average molecular weight is 271 g/mol. The lowest BCUT2D eigenvalue weighted by Gasteiger charge is -2.13. The standard InChI is InChI=1S/C10H7ClF4O2/c1-2-17-9(16)5-3-4-6(11)8(12)7(5)10(13,14)15/h3-4H,2H2,1H3. The zero-order valence-electron chi connectivity index (χ0n) is 8.57. The second kappa shape index (κ2) is 4.91. The van der Waals surface area contributed by atoms with Crippen molar-refractivity contribution >= 4 is 17.6 Å². The Morgan fingerprint density at radius 1 is 1.41 bits per heavy atom. The van der Waals surface area contributed by atoms with Crippen molar-refractivity contribution in [2.24, 2.45) is 0 Å². The smallest absolute Gasteiger partial charge is 0.420 e. The molecule has 94 valence electrons. The van der Waals surface area contributed by atoms with Crippen molar-refractivity contribution in [3.63, 3.8) is 0 Å². The summed E-state index contributed by atoms with van der Waals surface area (Å²) in [5.41, 5.74) is -2.59. The fraction of sp³-hybridized carbons (Fsp3) is 0.300. The number of rotatable bonds is 2. The third-order valence-electron chi connectivity index (χ3n) is 1.87. The van der Waals surface area contributed by atoms with E-state index in [4.69, 9.17) is 11.6 Å². The Kier molecular flexibility index (Phi) is 3.98. The quantitative estimate of drug-likeness (QED) is 0.605. The molecule has 0 N–H and O–H groups in total. The summed E-state index contributed by atoms with van der Waals surface area (Å²) in [6, 6.07) is 1.66. The molecule has 17 heavy (non-hydrogen) atoms. The van der Waals surface area contributed by atoms with Crippen LogP contribution in [-0.4, -0.2) is 12.6 Å². The Balaban J connectivity index is 3.41. The van der Waals surface area contributed by atoms with Crippen LogP contribution in [0.15, 0.2) is 12.1 Å². The molecule has 0 saturated carbocycles. The fourth-order valence-electron chi connectivity index (χ4n) is 1.21. The summed E-state index contributed by atoms with van der Waals surface area (Å²) in [4.78, 5) is 11.2. The molecule has 1 aromatic carbocycles. The number of carbonyl (C=O) groups excluding carboxylic acids is 1. The van der Waals surface area contributed by atoms with Gasteiger partial charge in [-0.2, -0.15) is 13.2 Å². The molecule has 0 aliphatic carbocycles. The van der Waals surface area contributed by atoms with Crippen molar-refractivity contribution in [1.82, 2.24) is 0 Å². The number of alkyl halides is 3. The Morgan fingerprint density at radius 2 is 2.00 bits per heavy atom. The number of esters is 1. The first-order valence-electron chi connectivity index (χ1n) is 4.51. The van der Waals surface area contributed by atoms with E-state index in [1.165, 1.54) is 6.92 Å². The second-order valence-electron chi connectivity index (χ2n) is 3.00. The molecule has 0 aromatic heterocycles. The van der Waals surface area contributed by atoms with E-state index in [0.29, 0.717) is 0 Å². The molecule has 0 fully saturated rings. The summed E-state index contributed by atoms with van der Waals surface area (Å²) >= 11 is 5.25. The lowest BCUT2D eigenvalue weighted by atomic mass is 10.1. The minimum absolute atomic E-state index is 0.111. The van der Waals surface area contributed by atoms with Crippen molar-refractivity contribution in [1.29, 1.82) is 0 Å². The monoisotopic (exact) mass is 270 g/mol. The third-order valence-corrected chi connectivity index (χ3v) is 2.17. The highest BCUT2D eigenvalue weighted by atomic mass is 35.5. The van der Waals surface area contributed by atoms with Crippen LogP contribution in [0.25, 0.3) is 0 Å². The van der Waals surface area contributed by atoms with Crippen LogP contribution in [0.2, 0.25) is 5.02 Å². The maximum Gasteiger partial charge on any atom is 0.420 e. The highest BCUT2D eigenvalue weighted by molar-refractivity contribution is 6.31. The van der Waals surface area contributed by atoms with Crippen LogP contribution in [0.5, 0.6) is 0 Å². The van der Waals surface area contributed by atoms with E-state index in [0.717, 1.165) is 12.1 Å². The van der Waals surface area contributed by atoms with E-state index in [1.54, 1.807) is 0 Å². The van der Waals surface area contributed by atoms with Gasteiger partial charge in [0.15, 0.2) is 5.82 Å². The molecule has 0 amide bonds. The van der Waals surface area contributed by atoms with Crippen LogP contribution in [0.3, 0.4) is 0 Å². The number of benzene rings is 1. The number of ether oxygens (including phenoxy) is 1. The predicted octanol–water partition coefficient (Wildman–Crippen LogP) is 3.67. The normalized spacial score (nSPS) is 11.4. The summed E-state index contributed by atoms with van der Waals surface area (Å²) in [5, 5.41) is -0.703. The predicted molar refractivity (Wildman–Crippen MR) is 52.4 cm³/mol. The fourth-order valence-corrected chi connectivity index (χ4v) is 1.36. The van der Waals surface area contributed by atoms with E-state index >= 15 is 0 Å². The van der Waals surface area contributed by atoms with Crippen molar-refractivity contribution in [2.45, 2.75) is 13.1 Å². The molecule has 0 radical (unpaired) electrons. The van der Waals surface area contributed by atoms with Gasteiger partial charge in [-0.25, -0.2) is 9.18 Å². The SMILES string of the molecule is CCOC(=O)c1ccc(Cl)c(F)c1C(F)(F)F. The Labute approximate surface area is 99.1 Å². The van der Waals surface area contributed by atoms with Gasteiger partial charge in [0.25, 0.3) is 0 Å². The first kappa shape index (κ1) is 13.8. The van der Waals surface area contributed by atoms with E-state index in [-0.39, 0.29) is 6.61 Å². The zero-order chi connectivity index (χ0) is 13.2. The largest absolute Gasteiger partial charge is 0.462 e. The van der Waals surface area contributed by atoms with Crippen molar-refractivity contribution in [3.8, 4) is 0 Å². The molecule has 1 aromatic rings. The highest BCUT2D eigenvalue weighted by Crippen LogP contribution is 2.36. The Morgan fingerprint density at radius 3 is 2.47 bits per heavy atom. The molecule has 7 heteroatoms. The van der Waals surface area contributed by atoms with E-state index in [1.807, 2.05) is 0 Å². The maximum atomic E-state index is 13.3. The van der Waals surface area contributed by atoms with Gasteiger partial charge in [0.1, 0.15) is 5.56 Å². The van der Waals surface area contributed by atoms with Crippen LogP contribution in [0.1, 0.15) is 22.8 Å². The molecule has 0 atom stereocenters. The van der Waals surface area contributed by atoms with Gasteiger partial charge in [0, 0.05) is 0 Å². The molecule has 2 nitrogen and oxygen atoms in total. The van der Waals surface area contributed by atoms with Crippen LogP contribution in [0.4, 0.5) is 17.6 Å². The van der Waals surface area contributed by atoms with Gasteiger partial charge in [-0.05, 0) is 19.1 Å². The van der Waals surface area contributed by atoms with E-state index in [9.17, 15) is 22.4 Å². The van der Waals surface area contributed by atoms with E-state index < -0.39 is 34.1 Å². The molecule has 1 rings (SSSR count). The summed E-state index contributed by atoms with van der Waals surface area (Å²) < 4.78 is 55.5.